The van der Waals surface area contributed by atoms with E-state index in [4.69, 9.17) is 0 Å². The summed E-state index contributed by atoms with van der Waals surface area (Å²) in [6, 6.07) is 0. The van der Waals surface area contributed by atoms with Crippen LogP contribution in [0.2, 0.25) is 0 Å². The van der Waals surface area contributed by atoms with Gasteiger partial charge >= 0.3 is 0 Å². The van der Waals surface area contributed by atoms with Crippen molar-refractivity contribution in [3.05, 3.63) is 22.2 Å². The van der Waals surface area contributed by atoms with Crippen molar-refractivity contribution < 1.29 is 0 Å². The van der Waals surface area contributed by atoms with Crippen LogP contribution >= 0.6 is 22.6 Å². The van der Waals surface area contributed by atoms with E-state index in [2.05, 4.69) is 49.9 Å². The molecule has 2 aromatic rings. The molecule has 90 valence electrons. The van der Waals surface area contributed by atoms with E-state index >= 15 is 0 Å². The highest BCUT2D eigenvalue weighted by Crippen LogP contribution is 2.19. The molecule has 0 amide bonds. The summed E-state index contributed by atoms with van der Waals surface area (Å²) in [7, 11) is 1.88. The Bertz CT molecular complexity index is 508. The number of nitrogens with one attached hydrogen (secondary N) is 1. The lowest BCUT2D eigenvalue weighted by atomic mass is 10.3. The molecule has 6 heteroatoms. The Balaban J connectivity index is 2.30. The summed E-state index contributed by atoms with van der Waals surface area (Å²) in [5.41, 5.74) is 0.934. The molecule has 0 aliphatic rings. The Morgan fingerprint density at radius 1 is 1.41 bits per heavy atom. The quantitative estimate of drug-likeness (QED) is 0.866. The molecule has 0 saturated carbocycles. The summed E-state index contributed by atoms with van der Waals surface area (Å²) in [5, 5.41) is 7.42. The van der Waals surface area contributed by atoms with Gasteiger partial charge in [-0.1, -0.05) is 6.92 Å². The van der Waals surface area contributed by atoms with Gasteiger partial charge in [0.15, 0.2) is 5.82 Å². The van der Waals surface area contributed by atoms with E-state index in [-0.39, 0.29) is 0 Å². The van der Waals surface area contributed by atoms with Gasteiger partial charge < -0.3 is 5.32 Å². The highest BCUT2D eigenvalue weighted by Gasteiger charge is 2.07. The zero-order chi connectivity index (χ0) is 12.3. The van der Waals surface area contributed by atoms with Crippen LogP contribution in [0.1, 0.15) is 13.3 Å². The predicted molar refractivity (Wildman–Crippen MR) is 75.7 cm³/mol. The van der Waals surface area contributed by atoms with Gasteiger partial charge in [-0.3, -0.25) is 4.68 Å². The lowest BCUT2D eigenvalue weighted by Crippen LogP contribution is -2.05. The van der Waals surface area contributed by atoms with Gasteiger partial charge in [-0.2, -0.15) is 5.10 Å². The van der Waals surface area contributed by atoms with Gasteiger partial charge in [0.25, 0.3) is 0 Å². The van der Waals surface area contributed by atoms with Gasteiger partial charge in [0.1, 0.15) is 5.82 Å². The zero-order valence-electron chi connectivity index (χ0n) is 9.81. The number of hydrogen-bond acceptors (Lipinski definition) is 4. The molecule has 2 aromatic heterocycles. The van der Waals surface area contributed by atoms with E-state index in [1.54, 1.807) is 10.9 Å². The van der Waals surface area contributed by atoms with Crippen LogP contribution in [0.15, 0.2) is 18.6 Å². The fourth-order valence-corrected chi connectivity index (χ4v) is 1.86. The third-order valence-electron chi connectivity index (χ3n) is 2.25. The normalized spacial score (nSPS) is 10.5. The van der Waals surface area contributed by atoms with Gasteiger partial charge in [-0.15, -0.1) is 0 Å². The number of aromatic nitrogens is 4. The second-order valence-corrected chi connectivity index (χ2v) is 4.88. The Hall–Kier alpha value is -1.18. The highest BCUT2D eigenvalue weighted by molar-refractivity contribution is 14.1. The summed E-state index contributed by atoms with van der Waals surface area (Å²) in [6.07, 6.45) is 6.58. The molecule has 5 nitrogen and oxygen atoms in total. The monoisotopic (exact) mass is 343 g/mol. The number of halogens is 1. The topological polar surface area (TPSA) is 55.6 Å². The fourth-order valence-electron chi connectivity index (χ4n) is 1.41. The van der Waals surface area contributed by atoms with Gasteiger partial charge in [0, 0.05) is 26.0 Å². The minimum atomic E-state index is 0.706. The van der Waals surface area contributed by atoms with Crippen LogP contribution in [0.25, 0.3) is 11.4 Å². The third kappa shape index (κ3) is 2.93. The maximum Gasteiger partial charge on any atom is 0.164 e. The van der Waals surface area contributed by atoms with Crippen molar-refractivity contribution in [1.29, 1.82) is 0 Å². The Kier molecular flexibility index (Phi) is 3.93. The zero-order valence-corrected chi connectivity index (χ0v) is 12.0. The average molecular weight is 343 g/mol. The van der Waals surface area contributed by atoms with E-state index in [0.29, 0.717) is 5.82 Å². The van der Waals surface area contributed by atoms with Crippen LogP contribution in [-0.4, -0.2) is 26.3 Å². The highest BCUT2D eigenvalue weighted by atomic mass is 127. The van der Waals surface area contributed by atoms with Crippen LogP contribution in [-0.2, 0) is 7.05 Å². The van der Waals surface area contributed by atoms with Crippen LogP contribution in [0, 0.1) is 3.57 Å². The van der Waals surface area contributed by atoms with E-state index in [9.17, 15) is 0 Å². The molecule has 0 spiro atoms. The molecule has 0 saturated heterocycles. The SMILES string of the molecule is CCCNc1nc(-c2cnn(C)c2)ncc1I. The maximum absolute atomic E-state index is 4.51. The molecular formula is C11H14IN5. The van der Waals surface area contributed by atoms with E-state index in [1.165, 1.54) is 0 Å². The van der Waals surface area contributed by atoms with Crippen LogP contribution in [0.3, 0.4) is 0 Å². The minimum absolute atomic E-state index is 0.706. The van der Waals surface area contributed by atoms with Crippen molar-refractivity contribution in [2.75, 3.05) is 11.9 Å². The first-order chi connectivity index (χ1) is 8.20. The van der Waals surface area contributed by atoms with Crippen LogP contribution in [0.4, 0.5) is 5.82 Å². The minimum Gasteiger partial charge on any atom is -0.369 e. The first-order valence-electron chi connectivity index (χ1n) is 5.46. The van der Waals surface area contributed by atoms with Crippen molar-refractivity contribution >= 4 is 28.4 Å². The third-order valence-corrected chi connectivity index (χ3v) is 3.04. The summed E-state index contributed by atoms with van der Waals surface area (Å²) in [4.78, 5) is 8.83. The molecule has 0 aromatic carbocycles. The molecule has 1 N–H and O–H groups in total. The molecule has 2 rings (SSSR count). The second kappa shape index (κ2) is 5.44. The molecule has 2 heterocycles. The first kappa shape index (κ1) is 12.3. The van der Waals surface area contributed by atoms with Crippen molar-refractivity contribution in [3.63, 3.8) is 0 Å². The Morgan fingerprint density at radius 2 is 2.24 bits per heavy atom. The second-order valence-electron chi connectivity index (χ2n) is 3.72. The lowest BCUT2D eigenvalue weighted by molar-refractivity contribution is 0.768. The lowest BCUT2D eigenvalue weighted by Gasteiger charge is -2.06. The molecule has 0 unspecified atom stereocenters. The molecule has 0 radical (unpaired) electrons. The van der Waals surface area contributed by atoms with Crippen molar-refractivity contribution in [2.24, 2.45) is 7.05 Å². The number of rotatable bonds is 4. The molecule has 0 fully saturated rings. The van der Waals surface area contributed by atoms with Crippen LogP contribution in [0.5, 0.6) is 0 Å². The molecule has 0 aliphatic carbocycles. The number of aryl methyl sites for hydroxylation is 1. The Labute approximate surface area is 114 Å². The fraction of sp³-hybridized carbons (Fsp3) is 0.364. The largest absolute Gasteiger partial charge is 0.369 e. The smallest absolute Gasteiger partial charge is 0.164 e. The molecule has 17 heavy (non-hydrogen) atoms. The van der Waals surface area contributed by atoms with Gasteiger partial charge in [0.2, 0.25) is 0 Å². The molecule has 0 atom stereocenters. The first-order valence-corrected chi connectivity index (χ1v) is 6.54. The summed E-state index contributed by atoms with van der Waals surface area (Å²) >= 11 is 2.23. The summed E-state index contributed by atoms with van der Waals surface area (Å²) in [5.74, 6) is 1.60. The Morgan fingerprint density at radius 3 is 2.88 bits per heavy atom. The number of anilines is 1. The molecular weight excluding hydrogens is 329 g/mol. The molecule has 0 aliphatic heterocycles. The summed E-state index contributed by atoms with van der Waals surface area (Å²) in [6.45, 7) is 3.04. The number of hydrogen-bond donors (Lipinski definition) is 1. The van der Waals surface area contributed by atoms with Crippen molar-refractivity contribution in [1.82, 2.24) is 19.7 Å². The average Bonchev–Trinajstić information content (AvgIpc) is 2.75. The van der Waals surface area contributed by atoms with E-state index < -0.39 is 0 Å². The van der Waals surface area contributed by atoms with Crippen molar-refractivity contribution in [3.8, 4) is 11.4 Å². The summed E-state index contributed by atoms with van der Waals surface area (Å²) < 4.78 is 2.78. The standard InChI is InChI=1S/C11H14IN5/c1-3-4-13-11-9(12)6-14-10(16-11)8-5-15-17(2)7-8/h5-7H,3-4H2,1-2H3,(H,13,14,16). The molecule has 0 bridgehead atoms. The van der Waals surface area contributed by atoms with Crippen molar-refractivity contribution in [2.45, 2.75) is 13.3 Å². The maximum atomic E-state index is 4.51. The predicted octanol–water partition coefficient (Wildman–Crippen LogP) is 2.30. The number of nitrogens with zero attached hydrogens (tertiary/aromatic N) is 4. The van der Waals surface area contributed by atoms with Gasteiger partial charge in [-0.25, -0.2) is 9.97 Å². The van der Waals surface area contributed by atoms with E-state index in [0.717, 1.165) is 27.9 Å². The van der Waals surface area contributed by atoms with Gasteiger partial charge in [-0.05, 0) is 29.0 Å². The van der Waals surface area contributed by atoms with Gasteiger partial charge in [0.05, 0.1) is 15.3 Å². The van der Waals surface area contributed by atoms with E-state index in [1.807, 2.05) is 19.4 Å². The van der Waals surface area contributed by atoms with Crippen LogP contribution < -0.4 is 5.32 Å².